The number of carbonyl (C=O) groups excluding carboxylic acids is 1. The Hall–Kier alpha value is -2.85. The minimum atomic E-state index is -3.48. The van der Waals surface area contributed by atoms with Gasteiger partial charge in [0, 0.05) is 26.2 Å². The molecule has 8 nitrogen and oxygen atoms in total. The molecule has 0 aliphatic carbocycles. The minimum Gasteiger partial charge on any atom is -0.495 e. The number of nitrogens with zero attached hydrogens (tertiary/aromatic N) is 3. The fourth-order valence-corrected chi connectivity index (χ4v) is 5.96. The number of fused-ring (bicyclic) bond motifs is 1. The number of rotatable bonds is 6. The summed E-state index contributed by atoms with van der Waals surface area (Å²) in [6.45, 7) is 3.72. The van der Waals surface area contributed by atoms with E-state index in [1.54, 1.807) is 44.2 Å². The maximum absolute atomic E-state index is 13.1. The van der Waals surface area contributed by atoms with Gasteiger partial charge in [-0.25, -0.2) is 13.4 Å². The van der Waals surface area contributed by atoms with Crippen LogP contribution in [-0.4, -0.2) is 70.4 Å². The Labute approximate surface area is 191 Å². The summed E-state index contributed by atoms with van der Waals surface area (Å²) in [5.41, 5.74) is 0.987. The number of anilines is 1. The third-order valence-corrected chi connectivity index (χ3v) is 8.49. The number of hydrogen-bond donors (Lipinski definition) is 0. The van der Waals surface area contributed by atoms with Gasteiger partial charge in [0.05, 0.1) is 30.4 Å². The topological polar surface area (TPSA) is 89.0 Å². The molecule has 0 unspecified atom stereocenters. The van der Waals surface area contributed by atoms with Gasteiger partial charge in [0.2, 0.25) is 0 Å². The van der Waals surface area contributed by atoms with E-state index in [2.05, 4.69) is 4.90 Å². The molecular weight excluding hydrogens is 450 g/mol. The first kappa shape index (κ1) is 22.3. The Bertz CT molecular complexity index is 1210. The molecule has 0 bridgehead atoms. The molecule has 1 aromatic heterocycles. The van der Waals surface area contributed by atoms with Crippen LogP contribution in [0.5, 0.6) is 11.5 Å². The van der Waals surface area contributed by atoms with Gasteiger partial charge in [-0.3, -0.25) is 4.79 Å². The number of amides is 1. The molecule has 1 fully saturated rings. The third-order valence-electron chi connectivity index (χ3n) is 5.57. The van der Waals surface area contributed by atoms with E-state index in [0.717, 1.165) is 21.1 Å². The average Bonchev–Trinajstić information content (AvgIpc) is 3.28. The lowest BCUT2D eigenvalue weighted by Gasteiger charge is -2.34. The molecule has 32 heavy (non-hydrogen) atoms. The molecule has 0 atom stereocenters. The lowest BCUT2D eigenvalue weighted by Crippen LogP contribution is -2.49. The molecule has 3 aromatic rings. The largest absolute Gasteiger partial charge is 0.495 e. The first-order valence-electron chi connectivity index (χ1n) is 10.3. The summed E-state index contributed by atoms with van der Waals surface area (Å²) in [6.07, 6.45) is 0. The monoisotopic (exact) mass is 475 g/mol. The van der Waals surface area contributed by atoms with Crippen LogP contribution in [0, 0.1) is 0 Å². The van der Waals surface area contributed by atoms with Gasteiger partial charge in [-0.05, 0) is 24.3 Å². The molecule has 4 rings (SSSR count). The summed E-state index contributed by atoms with van der Waals surface area (Å²) in [6, 6.07) is 10.1. The first-order valence-corrected chi connectivity index (χ1v) is 12.7. The van der Waals surface area contributed by atoms with E-state index in [1.807, 2.05) is 12.1 Å². The van der Waals surface area contributed by atoms with E-state index in [0.29, 0.717) is 31.9 Å². The molecule has 0 spiro atoms. The number of sulfone groups is 1. The minimum absolute atomic E-state index is 0.0460. The molecule has 170 valence electrons. The Morgan fingerprint density at radius 1 is 1.03 bits per heavy atom. The fourth-order valence-electron chi connectivity index (χ4n) is 3.75. The fraction of sp³-hybridized carbons (Fsp3) is 0.364. The lowest BCUT2D eigenvalue weighted by atomic mass is 10.2. The van der Waals surface area contributed by atoms with Gasteiger partial charge in [0.25, 0.3) is 5.91 Å². The van der Waals surface area contributed by atoms with Crippen molar-refractivity contribution in [1.29, 1.82) is 0 Å². The highest BCUT2D eigenvalue weighted by Crippen LogP contribution is 2.40. The molecule has 0 saturated carbocycles. The van der Waals surface area contributed by atoms with Crippen molar-refractivity contribution in [2.45, 2.75) is 11.8 Å². The number of carbonyl (C=O) groups is 1. The summed E-state index contributed by atoms with van der Waals surface area (Å²) in [7, 11) is -0.245. The van der Waals surface area contributed by atoms with Crippen LogP contribution < -0.4 is 14.4 Å². The van der Waals surface area contributed by atoms with Gasteiger partial charge < -0.3 is 19.3 Å². The summed E-state index contributed by atoms with van der Waals surface area (Å²) in [4.78, 5) is 21.8. The normalized spacial score (nSPS) is 14.6. The molecule has 1 saturated heterocycles. The standard InChI is InChI=1S/C22H25N3O5S2/c1-4-32(27,28)18-8-6-5-7-15(18)21(26)24-11-13-25(14-12-24)22-23-19-16(29-2)9-10-17(30-3)20(19)31-22/h5-10H,4,11-14H2,1-3H3. The van der Waals surface area contributed by atoms with Crippen LogP contribution in [0.1, 0.15) is 17.3 Å². The number of ether oxygens (including phenoxy) is 2. The van der Waals surface area contributed by atoms with Crippen LogP contribution in [-0.2, 0) is 9.84 Å². The Morgan fingerprint density at radius 2 is 1.69 bits per heavy atom. The maximum atomic E-state index is 13.1. The zero-order chi connectivity index (χ0) is 22.9. The number of methoxy groups -OCH3 is 2. The molecular formula is C22H25N3O5S2. The van der Waals surface area contributed by atoms with Crippen LogP contribution >= 0.6 is 11.3 Å². The van der Waals surface area contributed by atoms with Crippen molar-refractivity contribution < 1.29 is 22.7 Å². The van der Waals surface area contributed by atoms with Gasteiger partial charge >= 0.3 is 0 Å². The number of aromatic nitrogens is 1. The van der Waals surface area contributed by atoms with Crippen LogP contribution in [0.4, 0.5) is 5.13 Å². The van der Waals surface area contributed by atoms with E-state index in [-0.39, 0.29) is 22.1 Å². The highest BCUT2D eigenvalue weighted by Gasteiger charge is 2.28. The zero-order valence-corrected chi connectivity index (χ0v) is 19.8. The van der Waals surface area contributed by atoms with Crippen LogP contribution in [0.3, 0.4) is 0 Å². The first-order chi connectivity index (χ1) is 15.4. The summed E-state index contributed by atoms with van der Waals surface area (Å²) < 4.78 is 36.7. The van der Waals surface area contributed by atoms with Crippen LogP contribution in [0.25, 0.3) is 10.2 Å². The smallest absolute Gasteiger partial charge is 0.255 e. The second kappa shape index (κ2) is 8.95. The van der Waals surface area contributed by atoms with Crippen LogP contribution in [0.2, 0.25) is 0 Å². The van der Waals surface area contributed by atoms with Crippen molar-refractivity contribution in [3.05, 3.63) is 42.0 Å². The van der Waals surface area contributed by atoms with Crippen molar-refractivity contribution in [2.75, 3.05) is 51.1 Å². The highest BCUT2D eigenvalue weighted by molar-refractivity contribution is 7.91. The Balaban J connectivity index is 1.54. The third kappa shape index (κ3) is 4.00. The number of benzene rings is 2. The number of hydrogen-bond acceptors (Lipinski definition) is 8. The molecule has 1 aliphatic rings. The number of thiazole rings is 1. The predicted molar refractivity (Wildman–Crippen MR) is 125 cm³/mol. The maximum Gasteiger partial charge on any atom is 0.255 e. The van der Waals surface area contributed by atoms with E-state index in [4.69, 9.17) is 14.5 Å². The van der Waals surface area contributed by atoms with E-state index < -0.39 is 9.84 Å². The number of piperazine rings is 1. The quantitative estimate of drug-likeness (QED) is 0.541. The second-order valence-corrected chi connectivity index (χ2v) is 10.5. The second-order valence-electron chi connectivity index (χ2n) is 7.32. The molecule has 2 heterocycles. The SMILES string of the molecule is CCS(=O)(=O)c1ccccc1C(=O)N1CCN(c2nc3c(OC)ccc(OC)c3s2)CC1. The van der Waals surface area contributed by atoms with Crippen LogP contribution in [0.15, 0.2) is 41.3 Å². The van der Waals surface area contributed by atoms with Crippen molar-refractivity contribution >= 4 is 42.4 Å². The highest BCUT2D eigenvalue weighted by atomic mass is 32.2. The van der Waals surface area contributed by atoms with Gasteiger partial charge in [0.15, 0.2) is 15.0 Å². The molecule has 10 heteroatoms. The average molecular weight is 476 g/mol. The van der Waals surface area contributed by atoms with Gasteiger partial charge in [-0.15, -0.1) is 0 Å². The summed E-state index contributed by atoms with van der Waals surface area (Å²) in [5.74, 6) is 1.12. The summed E-state index contributed by atoms with van der Waals surface area (Å²) >= 11 is 1.53. The van der Waals surface area contributed by atoms with E-state index in [9.17, 15) is 13.2 Å². The lowest BCUT2D eigenvalue weighted by molar-refractivity contribution is 0.0743. The van der Waals surface area contributed by atoms with Gasteiger partial charge in [-0.2, -0.15) is 0 Å². The van der Waals surface area contributed by atoms with Gasteiger partial charge in [0.1, 0.15) is 21.7 Å². The Kier molecular flexibility index (Phi) is 6.25. The molecule has 0 N–H and O–H groups in total. The molecule has 1 aliphatic heterocycles. The predicted octanol–water partition coefficient (Wildman–Crippen LogP) is 3.07. The zero-order valence-electron chi connectivity index (χ0n) is 18.2. The molecule has 2 aromatic carbocycles. The van der Waals surface area contributed by atoms with E-state index in [1.165, 1.54) is 17.4 Å². The molecule has 1 amide bonds. The Morgan fingerprint density at radius 3 is 2.34 bits per heavy atom. The van der Waals surface area contributed by atoms with Crippen molar-refractivity contribution in [3.63, 3.8) is 0 Å². The van der Waals surface area contributed by atoms with Gasteiger partial charge in [-0.1, -0.05) is 30.4 Å². The van der Waals surface area contributed by atoms with Crippen molar-refractivity contribution in [2.24, 2.45) is 0 Å². The van der Waals surface area contributed by atoms with Crippen molar-refractivity contribution in [1.82, 2.24) is 9.88 Å². The van der Waals surface area contributed by atoms with E-state index >= 15 is 0 Å². The molecule has 0 radical (unpaired) electrons. The summed E-state index contributed by atoms with van der Waals surface area (Å²) in [5, 5.41) is 0.837. The van der Waals surface area contributed by atoms with Crippen molar-refractivity contribution in [3.8, 4) is 11.5 Å².